The van der Waals surface area contributed by atoms with Gasteiger partial charge in [-0.1, -0.05) is 61.9 Å². The summed E-state index contributed by atoms with van der Waals surface area (Å²) in [6.07, 6.45) is 4.83. The summed E-state index contributed by atoms with van der Waals surface area (Å²) in [5.41, 5.74) is 2.69. The maximum Gasteiger partial charge on any atom is 0.0972 e. The van der Waals surface area contributed by atoms with Gasteiger partial charge in [0, 0.05) is 18.6 Å². The van der Waals surface area contributed by atoms with E-state index in [4.69, 9.17) is 9.47 Å². The van der Waals surface area contributed by atoms with E-state index in [1.807, 2.05) is 18.9 Å². The second-order valence-corrected chi connectivity index (χ2v) is 7.78. The van der Waals surface area contributed by atoms with Crippen molar-refractivity contribution in [2.45, 2.75) is 55.0 Å². The normalized spacial score (nSPS) is 23.5. The van der Waals surface area contributed by atoms with Gasteiger partial charge < -0.3 is 9.47 Å². The van der Waals surface area contributed by atoms with Gasteiger partial charge in [0.2, 0.25) is 0 Å². The third-order valence-electron chi connectivity index (χ3n) is 4.83. The van der Waals surface area contributed by atoms with Crippen molar-refractivity contribution in [3.63, 3.8) is 0 Å². The molecule has 25 heavy (non-hydrogen) atoms. The van der Waals surface area contributed by atoms with Crippen LogP contribution in [0.2, 0.25) is 0 Å². The molecule has 3 rings (SSSR count). The molecule has 3 atom stereocenters. The van der Waals surface area contributed by atoms with E-state index in [2.05, 4.69) is 61.5 Å². The molecular weight excluding hydrogens is 328 g/mol. The van der Waals surface area contributed by atoms with E-state index in [9.17, 15) is 0 Å². The molecule has 0 bridgehead atoms. The van der Waals surface area contributed by atoms with Crippen LogP contribution in [0.4, 0.5) is 0 Å². The van der Waals surface area contributed by atoms with Crippen LogP contribution in [-0.4, -0.2) is 25.1 Å². The largest absolute Gasteiger partial charge is 0.380 e. The Hall–Kier alpha value is -1.29. The van der Waals surface area contributed by atoms with Gasteiger partial charge in [0.15, 0.2) is 0 Å². The van der Waals surface area contributed by atoms with E-state index in [1.165, 1.54) is 28.9 Å². The van der Waals surface area contributed by atoms with Crippen molar-refractivity contribution >= 4 is 11.8 Å². The molecule has 0 aromatic heterocycles. The number of hydrogen-bond acceptors (Lipinski definition) is 3. The highest BCUT2D eigenvalue weighted by Gasteiger charge is 2.36. The van der Waals surface area contributed by atoms with Crippen molar-refractivity contribution in [2.24, 2.45) is 0 Å². The SMILES string of the molecule is CCCCc1ccccc1SC1C(OC)CCOC1c1ccccc1. The fourth-order valence-electron chi connectivity index (χ4n) is 3.42. The van der Waals surface area contributed by atoms with E-state index in [0.29, 0.717) is 0 Å². The molecule has 134 valence electrons. The van der Waals surface area contributed by atoms with Gasteiger partial charge in [-0.15, -0.1) is 11.8 Å². The maximum atomic E-state index is 6.20. The zero-order valence-corrected chi connectivity index (χ0v) is 16.0. The summed E-state index contributed by atoms with van der Waals surface area (Å²) in [5.74, 6) is 0. The number of aryl methyl sites for hydroxylation is 1. The minimum absolute atomic E-state index is 0.0733. The quantitative estimate of drug-likeness (QED) is 0.637. The number of unbranched alkanes of at least 4 members (excludes halogenated alkanes) is 1. The van der Waals surface area contributed by atoms with Crippen LogP contribution in [-0.2, 0) is 15.9 Å². The highest BCUT2D eigenvalue weighted by molar-refractivity contribution is 8.00. The van der Waals surface area contributed by atoms with Gasteiger partial charge in [-0.2, -0.15) is 0 Å². The predicted molar refractivity (Wildman–Crippen MR) is 105 cm³/mol. The van der Waals surface area contributed by atoms with Crippen molar-refractivity contribution in [3.8, 4) is 0 Å². The van der Waals surface area contributed by atoms with Gasteiger partial charge in [-0.25, -0.2) is 0 Å². The predicted octanol–water partition coefficient (Wildman–Crippen LogP) is 5.67. The topological polar surface area (TPSA) is 18.5 Å². The number of methoxy groups -OCH3 is 1. The lowest BCUT2D eigenvalue weighted by Gasteiger charge is -2.37. The van der Waals surface area contributed by atoms with E-state index in [1.54, 1.807) is 0 Å². The van der Waals surface area contributed by atoms with Crippen molar-refractivity contribution in [1.29, 1.82) is 0 Å². The van der Waals surface area contributed by atoms with E-state index >= 15 is 0 Å². The van der Waals surface area contributed by atoms with Gasteiger partial charge in [0.05, 0.1) is 17.5 Å². The minimum Gasteiger partial charge on any atom is -0.380 e. The van der Waals surface area contributed by atoms with Crippen LogP contribution in [0, 0.1) is 0 Å². The standard InChI is InChI=1S/C22H28O2S/c1-3-4-10-17-11-8-9-14-20(17)25-22-19(23-2)15-16-24-21(22)18-12-6-5-7-13-18/h5-9,11-14,19,21-22H,3-4,10,15-16H2,1-2H3. The lowest BCUT2D eigenvalue weighted by Crippen LogP contribution is -2.38. The molecule has 1 saturated heterocycles. The van der Waals surface area contributed by atoms with Crippen LogP contribution in [0.15, 0.2) is 59.5 Å². The average molecular weight is 357 g/mol. The Labute approximate surface area is 155 Å². The smallest absolute Gasteiger partial charge is 0.0972 e. The average Bonchev–Trinajstić information content (AvgIpc) is 2.68. The molecule has 1 aliphatic rings. The van der Waals surface area contributed by atoms with Crippen LogP contribution < -0.4 is 0 Å². The van der Waals surface area contributed by atoms with Crippen LogP contribution in [0.5, 0.6) is 0 Å². The first-order valence-electron chi connectivity index (χ1n) is 9.27. The molecule has 1 heterocycles. The first kappa shape index (κ1) is 18.5. The molecular formula is C22H28O2S. The van der Waals surface area contributed by atoms with Gasteiger partial charge in [0.25, 0.3) is 0 Å². The van der Waals surface area contributed by atoms with Crippen molar-refractivity contribution in [3.05, 3.63) is 65.7 Å². The zero-order valence-electron chi connectivity index (χ0n) is 15.2. The highest BCUT2D eigenvalue weighted by Crippen LogP contribution is 2.42. The molecule has 1 aliphatic heterocycles. The summed E-state index contributed by atoms with van der Waals surface area (Å²) >= 11 is 1.93. The Bertz CT molecular complexity index is 643. The Morgan fingerprint density at radius 3 is 2.60 bits per heavy atom. The van der Waals surface area contributed by atoms with Crippen LogP contribution in [0.3, 0.4) is 0 Å². The number of ether oxygens (including phenoxy) is 2. The molecule has 0 amide bonds. The molecule has 2 nitrogen and oxygen atoms in total. The highest BCUT2D eigenvalue weighted by atomic mass is 32.2. The zero-order chi connectivity index (χ0) is 17.5. The first-order chi connectivity index (χ1) is 12.3. The molecule has 3 heteroatoms. The molecule has 0 aliphatic carbocycles. The Balaban J connectivity index is 1.86. The molecule has 0 N–H and O–H groups in total. The van der Waals surface area contributed by atoms with Gasteiger partial charge >= 0.3 is 0 Å². The van der Waals surface area contributed by atoms with E-state index in [-0.39, 0.29) is 17.5 Å². The third-order valence-corrected chi connectivity index (χ3v) is 6.31. The summed E-state index contributed by atoms with van der Waals surface area (Å²) < 4.78 is 12.0. The van der Waals surface area contributed by atoms with Crippen molar-refractivity contribution in [1.82, 2.24) is 0 Å². The molecule has 2 aromatic rings. The third kappa shape index (κ3) is 4.66. The van der Waals surface area contributed by atoms with Gasteiger partial charge in [-0.3, -0.25) is 0 Å². The second kappa shape index (κ2) is 9.42. The maximum absolute atomic E-state index is 6.20. The Kier molecular flexibility index (Phi) is 6.97. The minimum atomic E-state index is 0.0733. The molecule has 3 unspecified atom stereocenters. The van der Waals surface area contributed by atoms with E-state index < -0.39 is 0 Å². The summed E-state index contributed by atoms with van der Waals surface area (Å²) in [5, 5.41) is 0.268. The monoisotopic (exact) mass is 356 g/mol. The molecule has 0 spiro atoms. The summed E-state index contributed by atoms with van der Waals surface area (Å²) in [7, 11) is 1.83. The lowest BCUT2D eigenvalue weighted by molar-refractivity contribution is -0.0535. The molecule has 0 radical (unpaired) electrons. The molecule has 2 aromatic carbocycles. The lowest BCUT2D eigenvalue weighted by atomic mass is 9.98. The number of rotatable bonds is 7. The van der Waals surface area contributed by atoms with Crippen molar-refractivity contribution < 1.29 is 9.47 Å². The fraction of sp³-hybridized carbons (Fsp3) is 0.455. The van der Waals surface area contributed by atoms with Gasteiger partial charge in [-0.05, 0) is 36.5 Å². The second-order valence-electron chi connectivity index (χ2n) is 6.56. The Morgan fingerprint density at radius 1 is 1.08 bits per heavy atom. The molecule has 1 fully saturated rings. The molecule has 0 saturated carbocycles. The fourth-order valence-corrected chi connectivity index (χ4v) is 4.95. The number of benzene rings is 2. The summed E-state index contributed by atoms with van der Waals surface area (Å²) in [6.45, 7) is 3.00. The summed E-state index contributed by atoms with van der Waals surface area (Å²) in [4.78, 5) is 1.37. The van der Waals surface area contributed by atoms with Crippen LogP contribution in [0.1, 0.15) is 43.4 Å². The first-order valence-corrected chi connectivity index (χ1v) is 10.2. The number of thioether (sulfide) groups is 1. The number of hydrogen-bond donors (Lipinski definition) is 0. The van der Waals surface area contributed by atoms with Crippen molar-refractivity contribution in [2.75, 3.05) is 13.7 Å². The van der Waals surface area contributed by atoms with Crippen LogP contribution in [0.25, 0.3) is 0 Å². The van der Waals surface area contributed by atoms with Crippen LogP contribution >= 0.6 is 11.8 Å². The van der Waals surface area contributed by atoms with Gasteiger partial charge in [0.1, 0.15) is 0 Å². The summed E-state index contributed by atoms with van der Waals surface area (Å²) in [6, 6.07) is 19.4. The van der Waals surface area contributed by atoms with E-state index in [0.717, 1.165) is 19.4 Å². The Morgan fingerprint density at radius 2 is 1.84 bits per heavy atom.